The number of carboxylic acid groups (broad SMARTS) is 1. The van der Waals surface area contributed by atoms with Gasteiger partial charge in [0.15, 0.2) is 0 Å². The average Bonchev–Trinajstić information content (AvgIpc) is 3.05. The number of carboxylic acids is 1. The molecule has 0 saturated carbocycles. The second-order valence-electron chi connectivity index (χ2n) is 7.07. The van der Waals surface area contributed by atoms with Crippen LogP contribution in [0.4, 0.5) is 13.2 Å². The molecule has 1 unspecified atom stereocenters. The lowest BCUT2D eigenvalue weighted by atomic mass is 9.97. The van der Waals surface area contributed by atoms with Gasteiger partial charge in [0.1, 0.15) is 12.4 Å². The zero-order valence-electron chi connectivity index (χ0n) is 15.3. The van der Waals surface area contributed by atoms with Gasteiger partial charge >= 0.3 is 12.1 Å². The summed E-state index contributed by atoms with van der Waals surface area (Å²) in [4.78, 5) is 14.4. The quantitative estimate of drug-likeness (QED) is 0.588. The van der Waals surface area contributed by atoms with Gasteiger partial charge in [0.25, 0.3) is 0 Å². The highest BCUT2D eigenvalue weighted by atomic mass is 19.4. The van der Waals surface area contributed by atoms with E-state index in [1.807, 2.05) is 12.1 Å². The van der Waals surface area contributed by atoms with Crippen LogP contribution in [0, 0.1) is 0 Å². The number of hydrogen-bond donors (Lipinski definition) is 3. The number of carbonyl (C=O) groups is 1. The third-order valence-corrected chi connectivity index (χ3v) is 5.06. The van der Waals surface area contributed by atoms with Gasteiger partial charge in [0.2, 0.25) is 0 Å². The van der Waals surface area contributed by atoms with E-state index in [2.05, 4.69) is 10.3 Å². The molecule has 2 aromatic carbocycles. The van der Waals surface area contributed by atoms with Crippen molar-refractivity contribution in [2.45, 2.75) is 31.7 Å². The van der Waals surface area contributed by atoms with Gasteiger partial charge in [-0.2, -0.15) is 13.2 Å². The number of H-pyrrole nitrogens is 1. The Morgan fingerprint density at radius 2 is 2.03 bits per heavy atom. The molecule has 3 N–H and O–H groups in total. The monoisotopic (exact) mass is 404 g/mol. The van der Waals surface area contributed by atoms with E-state index in [-0.39, 0.29) is 19.1 Å². The molecule has 152 valence electrons. The van der Waals surface area contributed by atoms with Crippen LogP contribution < -0.4 is 10.1 Å². The van der Waals surface area contributed by atoms with Crippen molar-refractivity contribution in [1.29, 1.82) is 0 Å². The lowest BCUT2D eigenvalue weighted by Gasteiger charge is -2.22. The van der Waals surface area contributed by atoms with Crippen molar-refractivity contribution in [3.8, 4) is 5.75 Å². The third-order valence-electron chi connectivity index (χ3n) is 5.06. The van der Waals surface area contributed by atoms with Crippen LogP contribution in [0.3, 0.4) is 0 Å². The Morgan fingerprint density at radius 1 is 1.21 bits per heavy atom. The Balaban J connectivity index is 1.56. The van der Waals surface area contributed by atoms with Crippen LogP contribution >= 0.6 is 0 Å². The van der Waals surface area contributed by atoms with Crippen LogP contribution in [-0.2, 0) is 24.0 Å². The van der Waals surface area contributed by atoms with Gasteiger partial charge in [-0.3, -0.25) is 4.79 Å². The molecule has 0 bridgehead atoms. The molecule has 4 rings (SSSR count). The number of aromatic nitrogens is 1. The molecule has 1 aliphatic rings. The van der Waals surface area contributed by atoms with E-state index in [9.17, 15) is 18.0 Å². The third kappa shape index (κ3) is 4.07. The van der Waals surface area contributed by atoms with Gasteiger partial charge < -0.3 is 20.1 Å². The molecule has 0 amide bonds. The van der Waals surface area contributed by atoms with Crippen molar-refractivity contribution in [3.05, 3.63) is 64.8 Å². The molecular formula is C21H19F3N2O3. The first-order valence-corrected chi connectivity index (χ1v) is 9.20. The fourth-order valence-corrected chi connectivity index (χ4v) is 3.73. The number of alkyl halides is 3. The predicted molar refractivity (Wildman–Crippen MR) is 101 cm³/mol. The van der Waals surface area contributed by atoms with Crippen molar-refractivity contribution in [2.24, 2.45) is 0 Å². The molecule has 2 heterocycles. The first kappa shape index (κ1) is 19.3. The molecule has 3 aromatic rings. The van der Waals surface area contributed by atoms with Crippen molar-refractivity contribution in [2.75, 3.05) is 6.54 Å². The van der Waals surface area contributed by atoms with Gasteiger partial charge in [-0.25, -0.2) is 0 Å². The minimum absolute atomic E-state index is 0.0152. The van der Waals surface area contributed by atoms with E-state index in [0.717, 1.165) is 40.7 Å². The lowest BCUT2D eigenvalue weighted by Crippen LogP contribution is -2.31. The van der Waals surface area contributed by atoms with Crippen molar-refractivity contribution in [3.63, 3.8) is 0 Å². The number of aromatic amines is 1. The minimum atomic E-state index is -4.39. The maximum Gasteiger partial charge on any atom is 0.416 e. The van der Waals surface area contributed by atoms with Gasteiger partial charge in [-0.15, -0.1) is 0 Å². The van der Waals surface area contributed by atoms with E-state index in [1.165, 1.54) is 6.07 Å². The standard InChI is InChI=1S/C21H19F3N2O3/c22-21(23,24)13-3-1-2-12(8-13)11-29-14-4-5-17-16(9-14)15-6-7-25-18(10-19(27)28)20(15)26-17/h1-5,8-9,18,25-26H,6-7,10-11H2,(H,27,28). The number of ether oxygens (including phenoxy) is 1. The Bertz CT molecular complexity index is 1060. The molecular weight excluding hydrogens is 385 g/mol. The number of aliphatic carboxylic acids is 1. The molecule has 0 aliphatic carbocycles. The largest absolute Gasteiger partial charge is 0.489 e. The second kappa shape index (κ2) is 7.44. The van der Waals surface area contributed by atoms with Crippen LogP contribution in [0.15, 0.2) is 42.5 Å². The zero-order valence-corrected chi connectivity index (χ0v) is 15.3. The van der Waals surface area contributed by atoms with Gasteiger partial charge in [0, 0.05) is 16.6 Å². The predicted octanol–water partition coefficient (Wildman–Crippen LogP) is 4.43. The molecule has 0 spiro atoms. The van der Waals surface area contributed by atoms with E-state index in [1.54, 1.807) is 12.1 Å². The van der Waals surface area contributed by atoms with E-state index in [4.69, 9.17) is 9.84 Å². The Hall–Kier alpha value is -3.00. The van der Waals surface area contributed by atoms with Crippen LogP contribution in [0.2, 0.25) is 0 Å². The molecule has 8 heteroatoms. The average molecular weight is 404 g/mol. The van der Waals surface area contributed by atoms with Gasteiger partial charge in [0.05, 0.1) is 18.0 Å². The summed E-state index contributed by atoms with van der Waals surface area (Å²) < 4.78 is 44.3. The topological polar surface area (TPSA) is 74.4 Å². The van der Waals surface area contributed by atoms with E-state index in [0.29, 0.717) is 17.9 Å². The second-order valence-corrected chi connectivity index (χ2v) is 7.07. The summed E-state index contributed by atoms with van der Waals surface area (Å²) in [6.45, 7) is 0.693. The highest BCUT2D eigenvalue weighted by molar-refractivity contribution is 5.86. The minimum Gasteiger partial charge on any atom is -0.489 e. The summed E-state index contributed by atoms with van der Waals surface area (Å²) in [5.74, 6) is -0.329. The molecule has 1 aliphatic heterocycles. The summed E-state index contributed by atoms with van der Waals surface area (Å²) in [7, 11) is 0. The molecule has 5 nitrogen and oxygen atoms in total. The summed E-state index contributed by atoms with van der Waals surface area (Å²) in [5, 5.41) is 13.3. The maximum atomic E-state index is 12.9. The fraction of sp³-hybridized carbons (Fsp3) is 0.286. The van der Waals surface area contributed by atoms with Crippen molar-refractivity contribution >= 4 is 16.9 Å². The molecule has 0 fully saturated rings. The molecule has 1 atom stereocenters. The Kier molecular flexibility index (Phi) is 4.96. The van der Waals surface area contributed by atoms with Crippen LogP contribution in [0.25, 0.3) is 10.9 Å². The molecule has 1 aromatic heterocycles. The zero-order chi connectivity index (χ0) is 20.6. The first-order chi connectivity index (χ1) is 13.8. The highest BCUT2D eigenvalue weighted by Gasteiger charge is 2.30. The number of hydrogen-bond acceptors (Lipinski definition) is 3. The lowest BCUT2D eigenvalue weighted by molar-refractivity contribution is -0.138. The van der Waals surface area contributed by atoms with Gasteiger partial charge in [-0.1, -0.05) is 12.1 Å². The maximum absolute atomic E-state index is 12.9. The number of rotatable bonds is 5. The highest BCUT2D eigenvalue weighted by Crippen LogP contribution is 2.34. The summed E-state index contributed by atoms with van der Waals surface area (Å²) >= 11 is 0. The van der Waals surface area contributed by atoms with Crippen LogP contribution in [-0.4, -0.2) is 22.6 Å². The summed E-state index contributed by atoms with van der Waals surface area (Å²) in [6.07, 6.45) is -3.65. The normalized spacial score (nSPS) is 16.6. The van der Waals surface area contributed by atoms with Crippen molar-refractivity contribution in [1.82, 2.24) is 10.3 Å². The molecule has 29 heavy (non-hydrogen) atoms. The van der Waals surface area contributed by atoms with Crippen LogP contribution in [0.1, 0.15) is 34.8 Å². The fourth-order valence-electron chi connectivity index (χ4n) is 3.73. The van der Waals surface area contributed by atoms with Crippen molar-refractivity contribution < 1.29 is 27.8 Å². The summed E-state index contributed by atoms with van der Waals surface area (Å²) in [6, 6.07) is 10.2. The number of fused-ring (bicyclic) bond motifs is 3. The van der Waals surface area contributed by atoms with E-state index < -0.39 is 17.7 Å². The first-order valence-electron chi connectivity index (χ1n) is 9.20. The Morgan fingerprint density at radius 3 is 2.79 bits per heavy atom. The van der Waals surface area contributed by atoms with E-state index >= 15 is 0 Å². The number of benzene rings is 2. The number of nitrogens with one attached hydrogen (secondary N) is 2. The Labute approximate surface area is 164 Å². The molecule has 0 radical (unpaired) electrons. The van der Waals surface area contributed by atoms with Crippen LogP contribution in [0.5, 0.6) is 5.75 Å². The van der Waals surface area contributed by atoms with Gasteiger partial charge in [-0.05, 0) is 54.4 Å². The number of halogens is 3. The smallest absolute Gasteiger partial charge is 0.416 e. The molecule has 0 saturated heterocycles. The SMILES string of the molecule is O=C(O)CC1NCCc2c1[nH]c1ccc(OCc3cccc(C(F)(F)F)c3)cc21. The summed E-state index contributed by atoms with van der Waals surface area (Å²) in [5.41, 5.74) is 2.52.